The van der Waals surface area contributed by atoms with Crippen LogP contribution in [0, 0.1) is 0 Å². The lowest BCUT2D eigenvalue weighted by Gasteiger charge is -2.02. The van der Waals surface area contributed by atoms with E-state index >= 15 is 0 Å². The molecule has 0 spiro atoms. The number of rotatable bonds is 6. The zero-order chi connectivity index (χ0) is 18.1. The summed E-state index contributed by atoms with van der Waals surface area (Å²) in [5, 5.41) is 24.5. The Morgan fingerprint density at radius 1 is 1.35 bits per heavy atom. The highest BCUT2D eigenvalue weighted by Gasteiger charge is 2.28. The van der Waals surface area contributed by atoms with Gasteiger partial charge in [-0.1, -0.05) is 17.3 Å². The van der Waals surface area contributed by atoms with Gasteiger partial charge in [0.15, 0.2) is 0 Å². The van der Waals surface area contributed by atoms with Crippen molar-refractivity contribution in [1.82, 2.24) is 30.1 Å². The molecular weight excluding hydrogens is 332 g/mol. The van der Waals surface area contributed by atoms with Crippen molar-refractivity contribution >= 4 is 5.91 Å². The van der Waals surface area contributed by atoms with Crippen molar-refractivity contribution in [2.45, 2.75) is 31.9 Å². The van der Waals surface area contributed by atoms with Crippen LogP contribution in [-0.4, -0.2) is 35.8 Å². The Kier molecular flexibility index (Phi) is 4.26. The van der Waals surface area contributed by atoms with Crippen LogP contribution in [0.25, 0.3) is 5.69 Å². The summed E-state index contributed by atoms with van der Waals surface area (Å²) < 4.78 is 3.41. The first kappa shape index (κ1) is 16.5. The highest BCUT2D eigenvalue weighted by atomic mass is 16.3. The fourth-order valence-corrected chi connectivity index (χ4v) is 2.92. The zero-order valence-electron chi connectivity index (χ0n) is 14.5. The number of carbonyl (C=O) groups is 1. The summed E-state index contributed by atoms with van der Waals surface area (Å²) in [4.78, 5) is 12.3. The Labute approximate surface area is 150 Å². The molecule has 2 aromatic heterocycles. The van der Waals surface area contributed by atoms with E-state index < -0.39 is 0 Å². The van der Waals surface area contributed by atoms with Crippen LogP contribution in [0.2, 0.25) is 0 Å². The van der Waals surface area contributed by atoms with Crippen LogP contribution in [-0.2, 0) is 20.2 Å². The molecule has 8 heteroatoms. The first-order chi connectivity index (χ1) is 12.6. The predicted molar refractivity (Wildman–Crippen MR) is 93.6 cm³/mol. The third-order valence-corrected chi connectivity index (χ3v) is 4.47. The molecular formula is C18H20N6O2. The molecule has 0 radical (unpaired) electrons. The largest absolute Gasteiger partial charge is 0.392 e. The molecule has 0 unspecified atom stereocenters. The van der Waals surface area contributed by atoms with Gasteiger partial charge in [-0.25, -0.2) is 4.68 Å². The summed E-state index contributed by atoms with van der Waals surface area (Å²) in [7, 11) is 1.87. The van der Waals surface area contributed by atoms with Gasteiger partial charge in [0.1, 0.15) is 11.4 Å². The van der Waals surface area contributed by atoms with E-state index in [9.17, 15) is 9.90 Å². The molecule has 1 saturated carbocycles. The number of carbonyl (C=O) groups excluding carboxylic acids is 1. The number of aliphatic hydroxyl groups excluding tert-OH is 1. The van der Waals surface area contributed by atoms with Crippen LogP contribution in [0.15, 0.2) is 36.5 Å². The monoisotopic (exact) mass is 352 g/mol. The molecule has 0 bridgehead atoms. The van der Waals surface area contributed by atoms with E-state index in [2.05, 4.69) is 20.7 Å². The van der Waals surface area contributed by atoms with Crippen molar-refractivity contribution < 1.29 is 9.90 Å². The van der Waals surface area contributed by atoms with Gasteiger partial charge in [-0.3, -0.25) is 9.48 Å². The number of aromatic nitrogens is 5. The van der Waals surface area contributed by atoms with Gasteiger partial charge < -0.3 is 10.4 Å². The summed E-state index contributed by atoms with van der Waals surface area (Å²) in [6, 6.07) is 9.27. The molecule has 1 aliphatic rings. The summed E-state index contributed by atoms with van der Waals surface area (Å²) in [5.74, 6) is 0.327. The van der Waals surface area contributed by atoms with Gasteiger partial charge in [-0.15, -0.1) is 5.10 Å². The highest BCUT2D eigenvalue weighted by molar-refractivity contribution is 5.92. The number of amides is 1. The molecule has 134 valence electrons. The van der Waals surface area contributed by atoms with E-state index in [1.54, 1.807) is 15.6 Å². The fourth-order valence-electron chi connectivity index (χ4n) is 2.92. The van der Waals surface area contributed by atoms with Crippen LogP contribution in [0.3, 0.4) is 0 Å². The van der Waals surface area contributed by atoms with Crippen molar-refractivity contribution in [3.63, 3.8) is 0 Å². The molecule has 0 saturated heterocycles. The predicted octanol–water partition coefficient (Wildman–Crippen LogP) is 1.30. The molecule has 8 nitrogen and oxygen atoms in total. The van der Waals surface area contributed by atoms with Crippen LogP contribution in [0.4, 0.5) is 0 Å². The number of aryl methyl sites for hydroxylation is 1. The molecule has 1 fully saturated rings. The first-order valence-corrected chi connectivity index (χ1v) is 8.57. The topological polar surface area (TPSA) is 97.9 Å². The molecule has 1 aromatic carbocycles. The molecule has 4 rings (SSSR count). The standard InChI is InChI=1S/C18H20N6O2/c1-23-17(13-5-6-13)8-16(21-23)18(26)19-9-14-10-24(22-20-14)15-4-2-3-12(7-15)11-25/h2-4,7-8,10,13,25H,5-6,9,11H2,1H3,(H,19,26). The average Bonchev–Trinajstić information content (AvgIpc) is 3.26. The normalized spacial score (nSPS) is 13.8. The first-order valence-electron chi connectivity index (χ1n) is 8.57. The van der Waals surface area contributed by atoms with E-state index in [0.717, 1.165) is 16.9 Å². The highest BCUT2D eigenvalue weighted by Crippen LogP contribution is 2.39. The lowest BCUT2D eigenvalue weighted by molar-refractivity contribution is 0.0944. The Morgan fingerprint density at radius 2 is 2.19 bits per heavy atom. The van der Waals surface area contributed by atoms with E-state index in [-0.39, 0.29) is 19.1 Å². The van der Waals surface area contributed by atoms with Crippen LogP contribution in [0.1, 0.15) is 46.2 Å². The number of nitrogens with zero attached hydrogens (tertiary/aromatic N) is 5. The zero-order valence-corrected chi connectivity index (χ0v) is 14.5. The summed E-state index contributed by atoms with van der Waals surface area (Å²) in [6.45, 7) is 0.242. The van der Waals surface area contributed by atoms with Crippen LogP contribution in [0.5, 0.6) is 0 Å². The third-order valence-electron chi connectivity index (χ3n) is 4.47. The summed E-state index contributed by atoms with van der Waals surface area (Å²) >= 11 is 0. The van der Waals surface area contributed by atoms with Gasteiger partial charge >= 0.3 is 0 Å². The molecule has 2 heterocycles. The van der Waals surface area contributed by atoms with Crippen molar-refractivity contribution in [3.05, 3.63) is 59.2 Å². The van der Waals surface area contributed by atoms with Crippen molar-refractivity contribution in [1.29, 1.82) is 0 Å². The minimum atomic E-state index is -0.218. The second-order valence-corrected chi connectivity index (χ2v) is 6.52. The second-order valence-electron chi connectivity index (χ2n) is 6.52. The van der Waals surface area contributed by atoms with Gasteiger partial charge in [0.25, 0.3) is 5.91 Å². The second kappa shape index (κ2) is 6.72. The smallest absolute Gasteiger partial charge is 0.272 e. The maximum atomic E-state index is 12.3. The number of benzene rings is 1. The number of hydrogen-bond donors (Lipinski definition) is 2. The summed E-state index contributed by atoms with van der Waals surface area (Å²) in [6.07, 6.45) is 4.09. The van der Waals surface area contributed by atoms with Crippen LogP contribution < -0.4 is 5.32 Å². The lowest BCUT2D eigenvalue weighted by Crippen LogP contribution is -2.23. The Bertz CT molecular complexity index is 941. The molecule has 1 aliphatic carbocycles. The lowest BCUT2D eigenvalue weighted by atomic mass is 10.2. The molecule has 0 aliphatic heterocycles. The van der Waals surface area contributed by atoms with E-state index in [1.807, 2.05) is 37.4 Å². The Balaban J connectivity index is 1.41. The van der Waals surface area contributed by atoms with Gasteiger partial charge in [-0.05, 0) is 36.6 Å². The molecule has 26 heavy (non-hydrogen) atoms. The maximum absolute atomic E-state index is 12.3. The quantitative estimate of drug-likeness (QED) is 0.697. The SMILES string of the molecule is Cn1nc(C(=O)NCc2cn(-c3cccc(CO)c3)nn2)cc1C1CC1. The molecule has 2 N–H and O–H groups in total. The Morgan fingerprint density at radius 3 is 2.96 bits per heavy atom. The van der Waals surface area contributed by atoms with Crippen molar-refractivity contribution in [3.8, 4) is 5.69 Å². The fraction of sp³-hybridized carbons (Fsp3) is 0.333. The molecule has 1 amide bonds. The van der Waals surface area contributed by atoms with Gasteiger partial charge in [0.2, 0.25) is 0 Å². The third kappa shape index (κ3) is 3.36. The number of hydrogen-bond acceptors (Lipinski definition) is 5. The molecule has 3 aromatic rings. The van der Waals surface area contributed by atoms with E-state index in [1.165, 1.54) is 12.8 Å². The maximum Gasteiger partial charge on any atom is 0.272 e. The summed E-state index contributed by atoms with van der Waals surface area (Å²) in [5.41, 5.74) is 3.79. The molecule has 0 atom stereocenters. The van der Waals surface area contributed by atoms with Gasteiger partial charge in [0, 0.05) is 18.7 Å². The van der Waals surface area contributed by atoms with Crippen molar-refractivity contribution in [2.24, 2.45) is 7.05 Å². The number of aliphatic hydroxyl groups is 1. The van der Waals surface area contributed by atoms with E-state index in [4.69, 9.17) is 0 Å². The number of nitrogens with one attached hydrogen (secondary N) is 1. The van der Waals surface area contributed by atoms with Gasteiger partial charge in [-0.2, -0.15) is 5.10 Å². The van der Waals surface area contributed by atoms with E-state index in [0.29, 0.717) is 17.3 Å². The minimum absolute atomic E-state index is 0.0294. The van der Waals surface area contributed by atoms with Crippen LogP contribution >= 0.6 is 0 Å². The average molecular weight is 352 g/mol. The minimum Gasteiger partial charge on any atom is -0.392 e. The van der Waals surface area contributed by atoms with Crippen molar-refractivity contribution in [2.75, 3.05) is 0 Å². The Hall–Kier alpha value is -3.00. The van der Waals surface area contributed by atoms with Gasteiger partial charge in [0.05, 0.1) is 25.0 Å².